The zero-order valence-electron chi connectivity index (χ0n) is 11.9. The third kappa shape index (κ3) is 4.13. The molecule has 0 radical (unpaired) electrons. The Morgan fingerprint density at radius 2 is 2.05 bits per heavy atom. The van der Waals surface area contributed by atoms with Gasteiger partial charge in [-0.1, -0.05) is 6.07 Å². The van der Waals surface area contributed by atoms with Crippen molar-refractivity contribution in [2.45, 2.75) is 17.5 Å². The van der Waals surface area contributed by atoms with Gasteiger partial charge in [-0.15, -0.1) is 12.4 Å². The fourth-order valence-electron chi connectivity index (χ4n) is 2.45. The van der Waals surface area contributed by atoms with E-state index in [1.807, 2.05) is 0 Å². The lowest BCUT2D eigenvalue weighted by atomic mass is 10.1. The highest BCUT2D eigenvalue weighted by molar-refractivity contribution is 7.89. The highest BCUT2D eigenvalue weighted by atomic mass is 35.5. The van der Waals surface area contributed by atoms with E-state index in [1.54, 1.807) is 7.05 Å². The molecule has 0 bridgehead atoms. The molecular formula is C13H18ClF3N2O2S. The Labute approximate surface area is 134 Å². The lowest BCUT2D eigenvalue weighted by Gasteiger charge is -2.17. The van der Waals surface area contributed by atoms with Gasteiger partial charge in [-0.05, 0) is 44.1 Å². The van der Waals surface area contributed by atoms with E-state index in [0.29, 0.717) is 32.1 Å². The summed E-state index contributed by atoms with van der Waals surface area (Å²) >= 11 is 0. The van der Waals surface area contributed by atoms with Crippen molar-refractivity contribution in [3.63, 3.8) is 0 Å². The van der Waals surface area contributed by atoms with Gasteiger partial charge in [-0.3, -0.25) is 0 Å². The molecule has 0 saturated carbocycles. The predicted molar refractivity (Wildman–Crippen MR) is 79.5 cm³/mol. The zero-order chi connectivity index (χ0) is 15.7. The Morgan fingerprint density at radius 3 is 2.64 bits per heavy atom. The van der Waals surface area contributed by atoms with Crippen molar-refractivity contribution in [3.8, 4) is 0 Å². The van der Waals surface area contributed by atoms with Gasteiger partial charge < -0.3 is 5.32 Å². The summed E-state index contributed by atoms with van der Waals surface area (Å²) < 4.78 is 64.1. The van der Waals surface area contributed by atoms with Crippen molar-refractivity contribution in [2.24, 2.45) is 5.92 Å². The van der Waals surface area contributed by atoms with Gasteiger partial charge in [0.25, 0.3) is 0 Å². The lowest BCUT2D eigenvalue weighted by molar-refractivity contribution is -0.137. The van der Waals surface area contributed by atoms with Crippen molar-refractivity contribution in [3.05, 3.63) is 29.8 Å². The second kappa shape index (κ2) is 7.16. The number of hydrogen-bond acceptors (Lipinski definition) is 3. The number of halogens is 4. The fraction of sp³-hybridized carbons (Fsp3) is 0.538. The van der Waals surface area contributed by atoms with Gasteiger partial charge in [0.2, 0.25) is 10.0 Å². The third-order valence-electron chi connectivity index (χ3n) is 3.54. The van der Waals surface area contributed by atoms with Gasteiger partial charge in [0.1, 0.15) is 0 Å². The minimum Gasteiger partial charge on any atom is -0.319 e. The number of sulfonamides is 1. The van der Waals surface area contributed by atoms with Gasteiger partial charge >= 0.3 is 6.18 Å². The van der Waals surface area contributed by atoms with E-state index in [9.17, 15) is 21.6 Å². The molecule has 1 unspecified atom stereocenters. The average Bonchev–Trinajstić information content (AvgIpc) is 2.88. The molecule has 0 aromatic heterocycles. The van der Waals surface area contributed by atoms with Crippen molar-refractivity contribution in [1.82, 2.24) is 9.62 Å². The Kier molecular flexibility index (Phi) is 6.26. The molecule has 0 aliphatic carbocycles. The smallest absolute Gasteiger partial charge is 0.319 e. The first-order chi connectivity index (χ1) is 9.75. The maximum atomic E-state index is 12.7. The molecule has 1 fully saturated rings. The van der Waals surface area contributed by atoms with Crippen LogP contribution in [0.3, 0.4) is 0 Å². The number of nitrogens with one attached hydrogen (secondary N) is 1. The summed E-state index contributed by atoms with van der Waals surface area (Å²) in [5, 5.41) is 2.98. The van der Waals surface area contributed by atoms with Crippen LogP contribution in [0, 0.1) is 5.92 Å². The first-order valence-electron chi connectivity index (χ1n) is 6.57. The molecule has 4 nitrogen and oxygen atoms in total. The number of hydrogen-bond donors (Lipinski definition) is 1. The summed E-state index contributed by atoms with van der Waals surface area (Å²) in [6, 6.07) is 3.89. The molecule has 0 amide bonds. The van der Waals surface area contributed by atoms with E-state index in [1.165, 1.54) is 10.4 Å². The van der Waals surface area contributed by atoms with Gasteiger partial charge in [0.15, 0.2) is 0 Å². The molecule has 22 heavy (non-hydrogen) atoms. The Morgan fingerprint density at radius 1 is 1.36 bits per heavy atom. The molecule has 1 aromatic rings. The fourth-order valence-corrected chi connectivity index (χ4v) is 4.03. The number of alkyl halides is 3. The molecule has 1 aliphatic heterocycles. The maximum Gasteiger partial charge on any atom is 0.416 e. The van der Waals surface area contributed by atoms with Crippen LogP contribution in [-0.2, 0) is 16.2 Å². The highest BCUT2D eigenvalue weighted by Gasteiger charge is 2.35. The minimum absolute atomic E-state index is 0. The van der Waals surface area contributed by atoms with Crippen LogP contribution in [0.25, 0.3) is 0 Å². The van der Waals surface area contributed by atoms with Crippen LogP contribution >= 0.6 is 12.4 Å². The van der Waals surface area contributed by atoms with E-state index < -0.39 is 21.8 Å². The molecule has 1 atom stereocenters. The Bertz CT molecular complexity index is 608. The van der Waals surface area contributed by atoms with Crippen LogP contribution in [0.2, 0.25) is 0 Å². The molecule has 126 valence electrons. The quantitative estimate of drug-likeness (QED) is 0.899. The van der Waals surface area contributed by atoms with E-state index in [0.717, 1.165) is 12.1 Å². The lowest BCUT2D eigenvalue weighted by Crippen LogP contribution is -2.30. The maximum absolute atomic E-state index is 12.7. The van der Waals surface area contributed by atoms with Gasteiger partial charge in [0, 0.05) is 13.1 Å². The SMILES string of the molecule is CNCC1CCN(S(=O)(=O)c2cccc(C(F)(F)F)c2)C1.Cl. The normalized spacial score (nSPS) is 19.9. The average molecular weight is 359 g/mol. The molecule has 1 saturated heterocycles. The molecule has 1 heterocycles. The highest BCUT2D eigenvalue weighted by Crippen LogP contribution is 2.32. The van der Waals surface area contributed by atoms with Crippen LogP contribution in [0.4, 0.5) is 13.2 Å². The predicted octanol–water partition coefficient (Wildman–Crippen LogP) is 2.36. The summed E-state index contributed by atoms with van der Waals surface area (Å²) in [6.07, 6.45) is -3.84. The summed E-state index contributed by atoms with van der Waals surface area (Å²) in [4.78, 5) is -0.303. The van der Waals surface area contributed by atoms with Crippen LogP contribution in [0.1, 0.15) is 12.0 Å². The largest absolute Gasteiger partial charge is 0.416 e. The molecule has 1 aromatic carbocycles. The minimum atomic E-state index is -4.55. The summed E-state index contributed by atoms with van der Waals surface area (Å²) in [7, 11) is -2.09. The summed E-state index contributed by atoms with van der Waals surface area (Å²) in [5.74, 6) is 0.190. The topological polar surface area (TPSA) is 49.4 Å². The van der Waals surface area contributed by atoms with Crippen LogP contribution in [-0.4, -0.2) is 39.4 Å². The van der Waals surface area contributed by atoms with Crippen molar-refractivity contribution in [2.75, 3.05) is 26.7 Å². The first kappa shape index (κ1) is 19.2. The molecule has 0 spiro atoms. The van der Waals surface area contributed by atoms with Crippen LogP contribution in [0.15, 0.2) is 29.2 Å². The molecule has 2 rings (SSSR count). The van der Waals surface area contributed by atoms with Gasteiger partial charge in [-0.25, -0.2) is 8.42 Å². The van der Waals surface area contributed by atoms with E-state index >= 15 is 0 Å². The van der Waals surface area contributed by atoms with Gasteiger partial charge in [0.05, 0.1) is 10.5 Å². The Balaban J connectivity index is 0.00000242. The second-order valence-electron chi connectivity index (χ2n) is 5.10. The summed E-state index contributed by atoms with van der Waals surface area (Å²) in [6.45, 7) is 1.36. The van der Waals surface area contributed by atoms with Crippen molar-refractivity contribution < 1.29 is 21.6 Å². The van der Waals surface area contributed by atoms with E-state index in [2.05, 4.69) is 5.32 Å². The molecule has 1 N–H and O–H groups in total. The van der Waals surface area contributed by atoms with Crippen molar-refractivity contribution >= 4 is 22.4 Å². The Hall–Kier alpha value is -0.830. The second-order valence-corrected chi connectivity index (χ2v) is 7.04. The standard InChI is InChI=1S/C13H17F3N2O2S.ClH/c1-17-8-10-5-6-18(9-10)21(19,20)12-4-2-3-11(7-12)13(14,15)16;/h2-4,7,10,17H,5-6,8-9H2,1H3;1H. The van der Waals surface area contributed by atoms with Gasteiger partial charge in [-0.2, -0.15) is 17.5 Å². The van der Waals surface area contributed by atoms with E-state index in [4.69, 9.17) is 0 Å². The molecular weight excluding hydrogens is 341 g/mol. The first-order valence-corrected chi connectivity index (χ1v) is 8.01. The van der Waals surface area contributed by atoms with Crippen LogP contribution < -0.4 is 5.32 Å². The van der Waals surface area contributed by atoms with Crippen LogP contribution in [0.5, 0.6) is 0 Å². The number of nitrogens with zero attached hydrogens (tertiary/aromatic N) is 1. The molecule has 9 heteroatoms. The molecule has 1 aliphatic rings. The van der Waals surface area contributed by atoms with Crippen molar-refractivity contribution in [1.29, 1.82) is 0 Å². The third-order valence-corrected chi connectivity index (χ3v) is 5.40. The number of rotatable bonds is 4. The number of benzene rings is 1. The monoisotopic (exact) mass is 358 g/mol. The summed E-state index contributed by atoms with van der Waals surface area (Å²) in [5.41, 5.74) is -0.949. The zero-order valence-corrected chi connectivity index (χ0v) is 13.6. The van der Waals surface area contributed by atoms with E-state index in [-0.39, 0.29) is 23.2 Å².